The van der Waals surface area contributed by atoms with Crippen LogP contribution in [-0.2, 0) is 4.79 Å². The summed E-state index contributed by atoms with van der Waals surface area (Å²) in [6.07, 6.45) is 2.02. The predicted molar refractivity (Wildman–Crippen MR) is 68.6 cm³/mol. The fraction of sp³-hybridized carbons (Fsp3) is 0.364. The molecule has 3 nitrogen and oxygen atoms in total. The molecule has 1 unspecified atom stereocenters. The Kier molecular flexibility index (Phi) is 3.44. The number of carboxylic acids is 1. The maximum Gasteiger partial charge on any atom is 0.317 e. The van der Waals surface area contributed by atoms with Crippen molar-refractivity contribution < 1.29 is 9.90 Å². The number of halogens is 1. The minimum atomic E-state index is -0.744. The van der Waals surface area contributed by atoms with Crippen molar-refractivity contribution in [2.24, 2.45) is 5.92 Å². The van der Waals surface area contributed by atoms with Crippen LogP contribution in [0, 0.1) is 5.92 Å². The first kappa shape index (κ1) is 11.8. The number of benzene rings is 1. The molecule has 0 aliphatic heterocycles. The molecule has 1 fully saturated rings. The number of nitrogen functional groups attached to an aromatic ring is 1. The van der Waals surface area contributed by atoms with E-state index in [1.807, 2.05) is 12.1 Å². The summed E-state index contributed by atoms with van der Waals surface area (Å²) >= 11 is 4.71. The second-order valence-electron chi connectivity index (χ2n) is 3.90. The number of hydrogen-bond donors (Lipinski definition) is 2. The Bertz CT molecular complexity index is 420. The van der Waals surface area contributed by atoms with Gasteiger partial charge in [0.25, 0.3) is 0 Å². The van der Waals surface area contributed by atoms with Crippen LogP contribution in [0.3, 0.4) is 0 Å². The van der Waals surface area contributed by atoms with Crippen LogP contribution in [0.4, 0.5) is 5.69 Å². The van der Waals surface area contributed by atoms with E-state index in [-0.39, 0.29) is 5.25 Å². The van der Waals surface area contributed by atoms with E-state index in [9.17, 15) is 4.79 Å². The fourth-order valence-electron chi connectivity index (χ4n) is 1.49. The van der Waals surface area contributed by atoms with Gasteiger partial charge in [-0.3, -0.25) is 4.79 Å². The molecule has 1 aliphatic rings. The van der Waals surface area contributed by atoms with Gasteiger partial charge in [0.15, 0.2) is 0 Å². The van der Waals surface area contributed by atoms with Crippen molar-refractivity contribution >= 4 is 39.3 Å². The zero-order valence-electron chi connectivity index (χ0n) is 8.52. The molecular weight excluding hydrogens is 290 g/mol. The molecule has 0 amide bonds. The molecule has 1 aromatic rings. The fourth-order valence-corrected chi connectivity index (χ4v) is 3.25. The number of nitrogens with two attached hydrogens (primary N) is 1. The highest BCUT2D eigenvalue weighted by Gasteiger charge is 2.37. The summed E-state index contributed by atoms with van der Waals surface area (Å²) in [4.78, 5) is 11.9. The average molecular weight is 302 g/mol. The van der Waals surface area contributed by atoms with Crippen LogP contribution in [0.2, 0.25) is 0 Å². The minimum Gasteiger partial charge on any atom is -0.480 e. The van der Waals surface area contributed by atoms with Gasteiger partial charge in [0.1, 0.15) is 5.25 Å². The van der Waals surface area contributed by atoms with E-state index < -0.39 is 5.97 Å². The highest BCUT2D eigenvalue weighted by Crippen LogP contribution is 2.43. The van der Waals surface area contributed by atoms with Gasteiger partial charge in [-0.05, 0) is 37.0 Å². The highest BCUT2D eigenvalue weighted by atomic mass is 79.9. The number of carbonyl (C=O) groups is 1. The monoisotopic (exact) mass is 301 g/mol. The summed E-state index contributed by atoms with van der Waals surface area (Å²) in [5.74, 6) is -0.437. The van der Waals surface area contributed by atoms with Crippen LogP contribution in [-0.4, -0.2) is 16.3 Å². The van der Waals surface area contributed by atoms with Crippen molar-refractivity contribution in [1.82, 2.24) is 0 Å². The van der Waals surface area contributed by atoms with E-state index in [0.717, 1.165) is 22.2 Å². The summed E-state index contributed by atoms with van der Waals surface area (Å²) in [5.41, 5.74) is 6.46. The maximum atomic E-state index is 11.1. The molecule has 1 aliphatic carbocycles. The number of anilines is 1. The van der Waals surface area contributed by atoms with Crippen LogP contribution in [0.1, 0.15) is 12.8 Å². The Balaban J connectivity index is 2.17. The molecule has 16 heavy (non-hydrogen) atoms. The highest BCUT2D eigenvalue weighted by molar-refractivity contribution is 9.10. The quantitative estimate of drug-likeness (QED) is 0.663. The molecule has 1 saturated carbocycles. The van der Waals surface area contributed by atoms with Gasteiger partial charge in [-0.25, -0.2) is 0 Å². The second kappa shape index (κ2) is 4.67. The third kappa shape index (κ3) is 2.71. The molecule has 0 bridgehead atoms. The van der Waals surface area contributed by atoms with E-state index >= 15 is 0 Å². The van der Waals surface area contributed by atoms with Crippen LogP contribution >= 0.6 is 27.7 Å². The number of rotatable bonds is 4. The number of thioether (sulfide) groups is 1. The van der Waals surface area contributed by atoms with Crippen LogP contribution in [0.5, 0.6) is 0 Å². The Hall–Kier alpha value is -0.680. The van der Waals surface area contributed by atoms with Gasteiger partial charge in [0.2, 0.25) is 0 Å². The molecule has 3 N–H and O–H groups in total. The predicted octanol–water partition coefficient (Wildman–Crippen LogP) is 2.99. The van der Waals surface area contributed by atoms with Crippen LogP contribution < -0.4 is 5.73 Å². The molecule has 1 aromatic carbocycles. The van der Waals surface area contributed by atoms with E-state index in [1.165, 1.54) is 11.8 Å². The summed E-state index contributed by atoms with van der Waals surface area (Å²) in [6, 6.07) is 5.52. The molecule has 0 aromatic heterocycles. The lowest BCUT2D eigenvalue weighted by Crippen LogP contribution is -2.18. The van der Waals surface area contributed by atoms with Gasteiger partial charge >= 0.3 is 5.97 Å². The zero-order valence-corrected chi connectivity index (χ0v) is 10.9. The normalized spacial score (nSPS) is 17.1. The Morgan fingerprint density at radius 2 is 2.25 bits per heavy atom. The van der Waals surface area contributed by atoms with E-state index in [4.69, 9.17) is 10.8 Å². The molecule has 5 heteroatoms. The number of carboxylic acid groups (broad SMARTS) is 1. The third-order valence-electron chi connectivity index (χ3n) is 2.52. The van der Waals surface area contributed by atoms with Crippen molar-refractivity contribution in [3.63, 3.8) is 0 Å². The van der Waals surface area contributed by atoms with Crippen molar-refractivity contribution in [3.8, 4) is 0 Å². The molecule has 0 spiro atoms. The summed E-state index contributed by atoms with van der Waals surface area (Å²) < 4.78 is 0.920. The van der Waals surface area contributed by atoms with Gasteiger partial charge in [-0.1, -0.05) is 15.9 Å². The Labute approximate surface area is 107 Å². The van der Waals surface area contributed by atoms with Crippen molar-refractivity contribution in [2.75, 3.05) is 5.73 Å². The molecular formula is C11H12BrNO2S. The molecule has 2 rings (SSSR count). The molecule has 1 atom stereocenters. The van der Waals surface area contributed by atoms with Gasteiger partial charge in [-0.2, -0.15) is 0 Å². The van der Waals surface area contributed by atoms with Gasteiger partial charge in [-0.15, -0.1) is 11.8 Å². The lowest BCUT2D eigenvalue weighted by atomic mass is 10.3. The topological polar surface area (TPSA) is 63.3 Å². The number of aliphatic carboxylic acids is 1. The van der Waals surface area contributed by atoms with Gasteiger partial charge < -0.3 is 10.8 Å². The van der Waals surface area contributed by atoms with Crippen molar-refractivity contribution in [1.29, 1.82) is 0 Å². The van der Waals surface area contributed by atoms with Gasteiger partial charge in [0.05, 0.1) is 0 Å². The first-order chi connectivity index (χ1) is 7.58. The molecule has 0 radical (unpaired) electrons. The lowest BCUT2D eigenvalue weighted by molar-refractivity contribution is -0.136. The standard InChI is InChI=1S/C11H12BrNO2S/c12-7-3-4-8(13)9(5-7)16-10(11(14)15)6-1-2-6/h3-6,10H,1-2,13H2,(H,14,15). The van der Waals surface area contributed by atoms with Crippen molar-refractivity contribution in [2.45, 2.75) is 23.0 Å². The maximum absolute atomic E-state index is 11.1. The molecule has 86 valence electrons. The van der Waals surface area contributed by atoms with Crippen LogP contribution in [0.25, 0.3) is 0 Å². The second-order valence-corrected chi connectivity index (χ2v) is 6.00. The minimum absolute atomic E-state index is 0.306. The average Bonchev–Trinajstić information content (AvgIpc) is 3.02. The van der Waals surface area contributed by atoms with E-state index in [1.54, 1.807) is 6.07 Å². The van der Waals surface area contributed by atoms with Crippen molar-refractivity contribution in [3.05, 3.63) is 22.7 Å². The Morgan fingerprint density at radius 3 is 2.81 bits per heavy atom. The zero-order chi connectivity index (χ0) is 11.7. The van der Waals surface area contributed by atoms with Crippen LogP contribution in [0.15, 0.2) is 27.6 Å². The third-order valence-corrected chi connectivity index (χ3v) is 4.46. The first-order valence-electron chi connectivity index (χ1n) is 5.02. The van der Waals surface area contributed by atoms with E-state index in [2.05, 4.69) is 15.9 Å². The number of hydrogen-bond acceptors (Lipinski definition) is 3. The molecule has 0 heterocycles. The van der Waals surface area contributed by atoms with Gasteiger partial charge in [0, 0.05) is 15.1 Å². The summed E-state index contributed by atoms with van der Waals surface area (Å²) in [7, 11) is 0. The summed E-state index contributed by atoms with van der Waals surface area (Å²) in [6.45, 7) is 0. The van der Waals surface area contributed by atoms with E-state index in [0.29, 0.717) is 11.6 Å². The molecule has 0 saturated heterocycles. The first-order valence-corrected chi connectivity index (χ1v) is 6.69. The summed E-state index contributed by atoms with van der Waals surface area (Å²) in [5, 5.41) is 8.77. The lowest BCUT2D eigenvalue weighted by Gasteiger charge is -2.12. The smallest absolute Gasteiger partial charge is 0.317 e. The largest absolute Gasteiger partial charge is 0.480 e. The SMILES string of the molecule is Nc1ccc(Br)cc1SC(C(=O)O)C1CC1. The Morgan fingerprint density at radius 1 is 1.56 bits per heavy atom.